The van der Waals surface area contributed by atoms with Crippen LogP contribution >= 0.6 is 11.3 Å². The minimum Gasteiger partial charge on any atom is -0.315 e. The number of sulfonamides is 1. The van der Waals surface area contributed by atoms with Gasteiger partial charge in [0.05, 0.1) is 0 Å². The summed E-state index contributed by atoms with van der Waals surface area (Å²) < 4.78 is 27.1. The van der Waals surface area contributed by atoms with Crippen molar-refractivity contribution >= 4 is 21.4 Å². The number of thiophene rings is 1. The molecule has 1 fully saturated rings. The van der Waals surface area contributed by atoms with Gasteiger partial charge in [-0.3, -0.25) is 0 Å². The molecule has 0 radical (unpaired) electrons. The number of hydrogen-bond acceptors (Lipinski definition) is 4. The van der Waals surface area contributed by atoms with Gasteiger partial charge in [-0.2, -0.15) is 4.31 Å². The van der Waals surface area contributed by atoms with Crippen molar-refractivity contribution in [1.82, 2.24) is 9.62 Å². The molecule has 1 N–H and O–H groups in total. The second-order valence-corrected chi connectivity index (χ2v) is 7.60. The summed E-state index contributed by atoms with van der Waals surface area (Å²) >= 11 is 1.52. The van der Waals surface area contributed by atoms with Crippen LogP contribution in [0, 0.1) is 6.92 Å². The van der Waals surface area contributed by atoms with Crippen LogP contribution in [0.5, 0.6) is 0 Å². The third kappa shape index (κ3) is 2.34. The minimum atomic E-state index is -3.32. The van der Waals surface area contributed by atoms with Crippen molar-refractivity contribution in [3.05, 3.63) is 15.8 Å². The molecule has 102 valence electrons. The maximum Gasteiger partial charge on any atom is 0.244 e. The van der Waals surface area contributed by atoms with E-state index >= 15 is 0 Å². The van der Waals surface area contributed by atoms with E-state index in [1.165, 1.54) is 11.3 Å². The zero-order valence-corrected chi connectivity index (χ0v) is 12.7. The lowest BCUT2D eigenvalue weighted by Crippen LogP contribution is -2.34. The summed E-state index contributed by atoms with van der Waals surface area (Å²) in [5.41, 5.74) is 0.865. The first kappa shape index (κ1) is 14.0. The van der Waals surface area contributed by atoms with Gasteiger partial charge in [0, 0.05) is 24.0 Å². The topological polar surface area (TPSA) is 49.4 Å². The van der Waals surface area contributed by atoms with Crippen molar-refractivity contribution in [3.8, 4) is 0 Å². The molecule has 1 saturated heterocycles. The molecule has 18 heavy (non-hydrogen) atoms. The van der Waals surface area contributed by atoms with Crippen molar-refractivity contribution in [2.24, 2.45) is 0 Å². The monoisotopic (exact) mass is 288 g/mol. The van der Waals surface area contributed by atoms with Gasteiger partial charge in [-0.15, -0.1) is 11.3 Å². The van der Waals surface area contributed by atoms with E-state index < -0.39 is 10.0 Å². The summed E-state index contributed by atoms with van der Waals surface area (Å²) in [6, 6.07) is 0.122. The molecule has 1 unspecified atom stereocenters. The average Bonchev–Trinajstić information content (AvgIpc) is 2.86. The second-order valence-electron chi connectivity index (χ2n) is 4.81. The van der Waals surface area contributed by atoms with Crippen LogP contribution in [0.4, 0.5) is 0 Å². The predicted octanol–water partition coefficient (Wildman–Crippen LogP) is 1.95. The lowest BCUT2D eigenvalue weighted by Gasteiger charge is -2.21. The van der Waals surface area contributed by atoms with Crippen LogP contribution in [0.2, 0.25) is 0 Å². The molecule has 1 atom stereocenters. The number of hydrogen-bond donors (Lipinski definition) is 1. The zero-order chi connectivity index (χ0) is 13.3. The first-order valence-electron chi connectivity index (χ1n) is 6.22. The summed E-state index contributed by atoms with van der Waals surface area (Å²) in [5, 5.41) is 4.97. The van der Waals surface area contributed by atoms with E-state index in [4.69, 9.17) is 0 Å². The minimum absolute atomic E-state index is 0.122. The second kappa shape index (κ2) is 5.28. The molecule has 0 aliphatic carbocycles. The Morgan fingerprint density at radius 2 is 2.28 bits per heavy atom. The van der Waals surface area contributed by atoms with Gasteiger partial charge in [-0.25, -0.2) is 8.42 Å². The van der Waals surface area contributed by atoms with Gasteiger partial charge in [0.1, 0.15) is 4.90 Å². The Bertz CT molecular complexity index is 522. The Kier molecular flexibility index (Phi) is 4.11. The van der Waals surface area contributed by atoms with Crippen molar-refractivity contribution in [1.29, 1.82) is 0 Å². The van der Waals surface area contributed by atoms with E-state index in [1.54, 1.807) is 4.31 Å². The van der Waals surface area contributed by atoms with Crippen molar-refractivity contribution in [3.63, 3.8) is 0 Å². The van der Waals surface area contributed by atoms with Crippen LogP contribution in [0.3, 0.4) is 0 Å². The number of nitrogens with one attached hydrogen (secondary N) is 1. The Morgan fingerprint density at radius 1 is 1.56 bits per heavy atom. The summed E-state index contributed by atoms with van der Waals surface area (Å²) in [4.78, 5) is 1.43. The average molecular weight is 288 g/mol. The van der Waals surface area contributed by atoms with Crippen LogP contribution in [0.25, 0.3) is 0 Å². The van der Waals surface area contributed by atoms with Crippen molar-refractivity contribution < 1.29 is 8.42 Å². The first-order chi connectivity index (χ1) is 8.48. The normalized spacial score (nSPS) is 21.6. The molecule has 2 rings (SSSR count). The van der Waals surface area contributed by atoms with Crippen LogP contribution in [-0.2, 0) is 16.6 Å². The number of nitrogens with zero attached hydrogens (tertiary/aromatic N) is 1. The molecule has 1 aromatic heterocycles. The summed E-state index contributed by atoms with van der Waals surface area (Å²) in [6.07, 6.45) is 1.93. The highest BCUT2D eigenvalue weighted by Crippen LogP contribution is 2.33. The van der Waals surface area contributed by atoms with Gasteiger partial charge in [0.15, 0.2) is 0 Å². The van der Waals surface area contributed by atoms with E-state index in [-0.39, 0.29) is 6.04 Å². The highest BCUT2D eigenvalue weighted by Gasteiger charge is 2.35. The van der Waals surface area contributed by atoms with Gasteiger partial charge in [0.2, 0.25) is 10.0 Å². The lowest BCUT2D eigenvalue weighted by atomic mass is 10.3. The summed E-state index contributed by atoms with van der Waals surface area (Å²) in [6.45, 7) is 5.13. The molecule has 0 amide bonds. The summed E-state index contributed by atoms with van der Waals surface area (Å²) in [5.74, 6) is 0. The highest BCUT2D eigenvalue weighted by atomic mass is 32.2. The molecular weight excluding hydrogens is 268 g/mol. The Hall–Kier alpha value is -0.430. The van der Waals surface area contributed by atoms with E-state index in [0.717, 1.165) is 23.3 Å². The molecule has 6 heteroatoms. The Labute approximate surface area is 113 Å². The van der Waals surface area contributed by atoms with E-state index in [2.05, 4.69) is 5.32 Å². The summed E-state index contributed by atoms with van der Waals surface area (Å²) in [7, 11) is -1.49. The molecule has 0 aromatic carbocycles. The van der Waals surface area contributed by atoms with Crippen LogP contribution < -0.4 is 5.32 Å². The van der Waals surface area contributed by atoms with Crippen LogP contribution in [0.15, 0.2) is 10.3 Å². The van der Waals surface area contributed by atoms with Gasteiger partial charge < -0.3 is 5.32 Å². The molecule has 0 spiro atoms. The van der Waals surface area contributed by atoms with Crippen molar-refractivity contribution in [2.75, 3.05) is 13.6 Å². The molecular formula is C12H20N2O2S2. The van der Waals surface area contributed by atoms with Gasteiger partial charge in [0.25, 0.3) is 0 Å². The standard InChI is InChI=1S/C12H20N2O2S2/c1-9-8-17-11(7-13-3)12(9)18(15,16)14-6-4-5-10(14)2/h8,10,13H,4-7H2,1-3H3. The third-order valence-electron chi connectivity index (χ3n) is 3.39. The Morgan fingerprint density at radius 3 is 2.83 bits per heavy atom. The maximum absolute atomic E-state index is 12.7. The number of aryl methyl sites for hydroxylation is 1. The van der Waals surface area contributed by atoms with Gasteiger partial charge >= 0.3 is 0 Å². The van der Waals surface area contributed by atoms with Crippen LogP contribution in [0.1, 0.15) is 30.2 Å². The largest absolute Gasteiger partial charge is 0.315 e. The molecule has 4 nitrogen and oxygen atoms in total. The van der Waals surface area contributed by atoms with Gasteiger partial charge in [-0.1, -0.05) is 0 Å². The highest BCUT2D eigenvalue weighted by molar-refractivity contribution is 7.89. The van der Waals surface area contributed by atoms with E-state index in [0.29, 0.717) is 18.0 Å². The quantitative estimate of drug-likeness (QED) is 0.921. The fraction of sp³-hybridized carbons (Fsp3) is 0.667. The molecule has 1 aliphatic heterocycles. The molecule has 1 aromatic rings. The van der Waals surface area contributed by atoms with E-state index in [1.807, 2.05) is 26.3 Å². The van der Waals surface area contributed by atoms with Gasteiger partial charge in [-0.05, 0) is 44.7 Å². The maximum atomic E-state index is 12.7. The Balaban J connectivity index is 2.43. The molecule has 1 aliphatic rings. The smallest absolute Gasteiger partial charge is 0.244 e. The molecule has 0 saturated carbocycles. The van der Waals surface area contributed by atoms with E-state index in [9.17, 15) is 8.42 Å². The van der Waals surface area contributed by atoms with Crippen LogP contribution in [-0.4, -0.2) is 32.4 Å². The fourth-order valence-corrected chi connectivity index (χ4v) is 5.97. The zero-order valence-electron chi connectivity index (χ0n) is 11.1. The molecule has 2 heterocycles. The third-order valence-corrected chi connectivity index (χ3v) is 6.86. The fourth-order valence-electron chi connectivity index (χ4n) is 2.50. The molecule has 0 bridgehead atoms. The lowest BCUT2D eigenvalue weighted by molar-refractivity contribution is 0.407. The first-order valence-corrected chi connectivity index (χ1v) is 8.54. The predicted molar refractivity (Wildman–Crippen MR) is 74.4 cm³/mol. The number of rotatable bonds is 4. The van der Waals surface area contributed by atoms with Crippen molar-refractivity contribution in [2.45, 2.75) is 44.2 Å². The SMILES string of the molecule is CNCc1scc(C)c1S(=O)(=O)N1CCCC1C.